The molecule has 0 bridgehead atoms. The quantitative estimate of drug-likeness (QED) is 0.404. The first-order valence-corrected chi connectivity index (χ1v) is 10.5. The van der Waals surface area contributed by atoms with E-state index in [2.05, 4.69) is 10.5 Å². The number of nitro groups is 1. The number of sulfonamides is 1. The fraction of sp³-hybridized carbons (Fsp3) is 0.222. The Morgan fingerprint density at radius 3 is 2.55 bits per heavy atom. The second-order valence-electron chi connectivity index (χ2n) is 6.24. The van der Waals surface area contributed by atoms with E-state index in [0.717, 1.165) is 16.1 Å². The summed E-state index contributed by atoms with van der Waals surface area (Å²) in [6, 6.07) is 10.4. The number of benzene rings is 2. The standard InChI is InChI=1S/C18H19ClN4O5S/c1-12-7-8-15(10-17(12)19)22(29(3,27)28)11-18(24)21-20-13(2)14-5-4-6-16(9-14)23(25)26/h4-10H,11H2,1-3H3,(H,21,24)/b20-13-. The Morgan fingerprint density at radius 1 is 1.28 bits per heavy atom. The molecule has 9 nitrogen and oxygen atoms in total. The Morgan fingerprint density at radius 2 is 1.97 bits per heavy atom. The van der Waals surface area contributed by atoms with Crippen LogP contribution in [0.3, 0.4) is 0 Å². The molecule has 0 saturated carbocycles. The van der Waals surface area contributed by atoms with Crippen molar-refractivity contribution in [2.75, 3.05) is 17.1 Å². The molecule has 0 heterocycles. The molecule has 0 spiro atoms. The predicted molar refractivity (Wildman–Crippen MR) is 112 cm³/mol. The van der Waals surface area contributed by atoms with Gasteiger partial charge >= 0.3 is 0 Å². The molecule has 2 aromatic rings. The molecule has 0 aliphatic heterocycles. The number of carbonyl (C=O) groups is 1. The molecule has 154 valence electrons. The molecule has 0 aliphatic carbocycles. The predicted octanol–water partition coefficient (Wildman–Crippen LogP) is 2.86. The van der Waals surface area contributed by atoms with Gasteiger partial charge < -0.3 is 0 Å². The number of anilines is 1. The SMILES string of the molecule is C/C(=N/NC(=O)CN(c1ccc(C)c(Cl)c1)S(C)(=O)=O)c1cccc([N+](=O)[O-])c1. The van der Waals surface area contributed by atoms with Crippen LogP contribution in [0.4, 0.5) is 11.4 Å². The zero-order valence-corrected chi connectivity index (χ0v) is 17.5. The lowest BCUT2D eigenvalue weighted by molar-refractivity contribution is -0.384. The van der Waals surface area contributed by atoms with Gasteiger partial charge in [0.15, 0.2) is 0 Å². The highest BCUT2D eigenvalue weighted by Crippen LogP contribution is 2.24. The fourth-order valence-corrected chi connectivity index (χ4v) is 3.38. The number of halogens is 1. The summed E-state index contributed by atoms with van der Waals surface area (Å²) in [6.07, 6.45) is 0.978. The average molecular weight is 439 g/mol. The van der Waals surface area contributed by atoms with Crippen molar-refractivity contribution < 1.29 is 18.1 Å². The van der Waals surface area contributed by atoms with E-state index in [1.54, 1.807) is 32.0 Å². The van der Waals surface area contributed by atoms with Gasteiger partial charge in [0.2, 0.25) is 10.0 Å². The zero-order valence-electron chi connectivity index (χ0n) is 15.9. The number of non-ortho nitro benzene ring substituents is 1. The summed E-state index contributed by atoms with van der Waals surface area (Å²) in [4.78, 5) is 22.6. The molecular weight excluding hydrogens is 420 g/mol. The van der Waals surface area contributed by atoms with Gasteiger partial charge in [-0.05, 0) is 31.5 Å². The molecule has 29 heavy (non-hydrogen) atoms. The summed E-state index contributed by atoms with van der Waals surface area (Å²) in [5, 5.41) is 15.1. The average Bonchev–Trinajstić information content (AvgIpc) is 2.65. The number of rotatable bonds is 7. The van der Waals surface area contributed by atoms with Crippen LogP contribution in [0.5, 0.6) is 0 Å². The van der Waals surface area contributed by atoms with Crippen molar-refractivity contribution in [3.8, 4) is 0 Å². The highest BCUT2D eigenvalue weighted by atomic mass is 35.5. The molecule has 11 heteroatoms. The number of amides is 1. The number of aryl methyl sites for hydroxylation is 1. The monoisotopic (exact) mass is 438 g/mol. The molecule has 0 aliphatic rings. The van der Waals surface area contributed by atoms with Crippen LogP contribution in [0.25, 0.3) is 0 Å². The normalized spacial score (nSPS) is 11.8. The van der Waals surface area contributed by atoms with Crippen molar-refractivity contribution in [2.24, 2.45) is 5.10 Å². The number of nitro benzene ring substituents is 1. The summed E-state index contributed by atoms with van der Waals surface area (Å²) in [7, 11) is -3.76. The summed E-state index contributed by atoms with van der Waals surface area (Å²) >= 11 is 6.06. The zero-order chi connectivity index (χ0) is 21.8. The molecule has 0 saturated heterocycles. The third-order valence-corrected chi connectivity index (χ3v) is 5.50. The van der Waals surface area contributed by atoms with Gasteiger partial charge in [0.25, 0.3) is 11.6 Å². The first kappa shape index (κ1) is 22.3. The first-order chi connectivity index (χ1) is 13.5. The third kappa shape index (κ3) is 6.00. The van der Waals surface area contributed by atoms with Crippen molar-refractivity contribution in [3.05, 3.63) is 68.7 Å². The van der Waals surface area contributed by atoms with Crippen LogP contribution in [-0.2, 0) is 14.8 Å². The summed E-state index contributed by atoms with van der Waals surface area (Å²) in [5.41, 5.74) is 3.95. The minimum atomic E-state index is -3.76. The lowest BCUT2D eigenvalue weighted by atomic mass is 10.1. The molecule has 0 radical (unpaired) electrons. The molecule has 1 amide bonds. The van der Waals surface area contributed by atoms with Gasteiger partial charge in [-0.15, -0.1) is 0 Å². The molecule has 0 atom stereocenters. The number of nitrogens with zero attached hydrogens (tertiary/aromatic N) is 3. The van der Waals surface area contributed by atoms with Crippen LogP contribution in [0.15, 0.2) is 47.6 Å². The Kier molecular flexibility index (Phi) is 6.93. The van der Waals surface area contributed by atoms with Gasteiger partial charge in [0.05, 0.1) is 22.6 Å². The van der Waals surface area contributed by atoms with E-state index in [1.165, 1.54) is 24.3 Å². The van der Waals surface area contributed by atoms with E-state index < -0.39 is 27.4 Å². The Labute approximate surface area is 173 Å². The second-order valence-corrected chi connectivity index (χ2v) is 8.56. The molecule has 1 N–H and O–H groups in total. The minimum absolute atomic E-state index is 0.108. The maximum Gasteiger partial charge on any atom is 0.270 e. The first-order valence-electron chi connectivity index (χ1n) is 8.31. The van der Waals surface area contributed by atoms with Crippen LogP contribution < -0.4 is 9.73 Å². The largest absolute Gasteiger partial charge is 0.271 e. The van der Waals surface area contributed by atoms with Crippen LogP contribution in [0.1, 0.15) is 18.1 Å². The van der Waals surface area contributed by atoms with Gasteiger partial charge in [-0.3, -0.25) is 19.2 Å². The van der Waals surface area contributed by atoms with Crippen molar-refractivity contribution >= 4 is 44.6 Å². The van der Waals surface area contributed by atoms with Crippen molar-refractivity contribution in [3.63, 3.8) is 0 Å². The Balaban J connectivity index is 2.18. The fourth-order valence-electron chi connectivity index (χ4n) is 2.36. The van der Waals surface area contributed by atoms with E-state index in [-0.39, 0.29) is 11.4 Å². The molecule has 0 aromatic heterocycles. The van der Waals surface area contributed by atoms with Crippen LogP contribution in [0, 0.1) is 17.0 Å². The smallest absolute Gasteiger partial charge is 0.270 e. The second kappa shape index (κ2) is 9.01. The van der Waals surface area contributed by atoms with Gasteiger partial charge in [-0.2, -0.15) is 5.10 Å². The van der Waals surface area contributed by atoms with Gasteiger partial charge in [-0.1, -0.05) is 29.8 Å². The topological polar surface area (TPSA) is 122 Å². The maximum atomic E-state index is 12.3. The maximum absolute atomic E-state index is 12.3. The lowest BCUT2D eigenvalue weighted by Gasteiger charge is -2.22. The van der Waals surface area contributed by atoms with Crippen molar-refractivity contribution in [1.82, 2.24) is 5.43 Å². The number of hydrazone groups is 1. The van der Waals surface area contributed by atoms with E-state index in [0.29, 0.717) is 16.3 Å². The highest BCUT2D eigenvalue weighted by Gasteiger charge is 2.21. The van der Waals surface area contributed by atoms with E-state index in [1.807, 2.05) is 0 Å². The third-order valence-electron chi connectivity index (χ3n) is 3.95. The number of hydrogen-bond donors (Lipinski definition) is 1. The van der Waals surface area contributed by atoms with Crippen LogP contribution >= 0.6 is 11.6 Å². The molecule has 0 fully saturated rings. The number of carbonyl (C=O) groups excluding carboxylic acids is 1. The van der Waals surface area contributed by atoms with Gasteiger partial charge in [0, 0.05) is 22.7 Å². The van der Waals surface area contributed by atoms with Gasteiger partial charge in [0.1, 0.15) is 6.54 Å². The molecule has 0 unspecified atom stereocenters. The lowest BCUT2D eigenvalue weighted by Crippen LogP contribution is -2.39. The van der Waals surface area contributed by atoms with Crippen molar-refractivity contribution in [1.29, 1.82) is 0 Å². The molecule has 2 rings (SSSR count). The summed E-state index contributed by atoms with van der Waals surface area (Å²) in [5.74, 6) is -0.683. The molecular formula is C18H19ClN4O5S. The number of hydrogen-bond acceptors (Lipinski definition) is 6. The minimum Gasteiger partial charge on any atom is -0.271 e. The summed E-state index contributed by atoms with van der Waals surface area (Å²) in [6.45, 7) is 2.83. The van der Waals surface area contributed by atoms with Gasteiger partial charge in [-0.25, -0.2) is 13.8 Å². The van der Waals surface area contributed by atoms with E-state index in [9.17, 15) is 23.3 Å². The van der Waals surface area contributed by atoms with E-state index in [4.69, 9.17) is 11.6 Å². The van der Waals surface area contributed by atoms with Crippen LogP contribution in [-0.4, -0.2) is 37.8 Å². The summed E-state index contributed by atoms with van der Waals surface area (Å²) < 4.78 is 25.2. The van der Waals surface area contributed by atoms with Crippen LogP contribution in [0.2, 0.25) is 5.02 Å². The Hall–Kier alpha value is -2.98. The molecule has 2 aromatic carbocycles. The number of nitrogens with one attached hydrogen (secondary N) is 1. The van der Waals surface area contributed by atoms with Crippen molar-refractivity contribution in [2.45, 2.75) is 13.8 Å². The highest BCUT2D eigenvalue weighted by molar-refractivity contribution is 7.92. The van der Waals surface area contributed by atoms with E-state index >= 15 is 0 Å². The Bertz CT molecular complexity index is 1090.